The van der Waals surface area contributed by atoms with Crippen LogP contribution in [0.1, 0.15) is 12.8 Å². The van der Waals surface area contributed by atoms with Gasteiger partial charge < -0.3 is 10.4 Å². The first-order valence-corrected chi connectivity index (χ1v) is 7.52. The first kappa shape index (κ1) is 15.8. The Balaban J connectivity index is 2.09. The van der Waals surface area contributed by atoms with Crippen LogP contribution in [-0.4, -0.2) is 22.0 Å². The zero-order valence-corrected chi connectivity index (χ0v) is 12.9. The molecule has 0 saturated heterocycles. The SMILES string of the molecule is O=C(O)CCC(=O)Nc1nc(-c2cc(Cl)ccc2Cl)cs1. The van der Waals surface area contributed by atoms with Crippen LogP contribution < -0.4 is 5.32 Å². The second-order valence-corrected chi connectivity index (χ2v) is 5.81. The van der Waals surface area contributed by atoms with Gasteiger partial charge in [0.25, 0.3) is 0 Å². The van der Waals surface area contributed by atoms with E-state index < -0.39 is 11.9 Å². The minimum atomic E-state index is -1.02. The lowest BCUT2D eigenvalue weighted by molar-refractivity contribution is -0.138. The second kappa shape index (κ2) is 6.89. The lowest BCUT2D eigenvalue weighted by Crippen LogP contribution is -2.12. The van der Waals surface area contributed by atoms with Crippen molar-refractivity contribution in [3.05, 3.63) is 33.6 Å². The van der Waals surface area contributed by atoms with E-state index in [1.54, 1.807) is 23.6 Å². The van der Waals surface area contributed by atoms with Crippen LogP contribution in [0.2, 0.25) is 10.0 Å². The third kappa shape index (κ3) is 4.42. The standard InChI is InChI=1S/C13H10Cl2N2O3S/c14-7-1-2-9(15)8(5-7)10-6-21-13(16-10)17-11(18)3-4-12(19)20/h1-2,5-6H,3-4H2,(H,19,20)(H,16,17,18). The number of carboxylic acid groups (broad SMARTS) is 1. The fourth-order valence-corrected chi connectivity index (χ4v) is 2.66. The van der Waals surface area contributed by atoms with Gasteiger partial charge in [0.15, 0.2) is 5.13 Å². The van der Waals surface area contributed by atoms with Crippen molar-refractivity contribution >= 4 is 51.5 Å². The summed E-state index contributed by atoms with van der Waals surface area (Å²) in [5.41, 5.74) is 1.27. The smallest absolute Gasteiger partial charge is 0.303 e. The van der Waals surface area contributed by atoms with Crippen molar-refractivity contribution in [2.24, 2.45) is 0 Å². The van der Waals surface area contributed by atoms with Crippen molar-refractivity contribution in [3.8, 4) is 11.3 Å². The number of rotatable bonds is 5. The van der Waals surface area contributed by atoms with Crippen LogP contribution in [-0.2, 0) is 9.59 Å². The van der Waals surface area contributed by atoms with Gasteiger partial charge in [-0.05, 0) is 18.2 Å². The number of nitrogens with zero attached hydrogens (tertiary/aromatic N) is 1. The lowest BCUT2D eigenvalue weighted by Gasteiger charge is -2.01. The molecule has 2 aromatic rings. The number of halogens is 2. The average molecular weight is 345 g/mol. The summed E-state index contributed by atoms with van der Waals surface area (Å²) in [5.74, 6) is -1.41. The van der Waals surface area contributed by atoms with E-state index in [9.17, 15) is 9.59 Å². The molecule has 0 atom stereocenters. The van der Waals surface area contributed by atoms with Crippen molar-refractivity contribution in [1.82, 2.24) is 4.98 Å². The molecule has 0 spiro atoms. The van der Waals surface area contributed by atoms with Gasteiger partial charge in [0.05, 0.1) is 17.1 Å². The topological polar surface area (TPSA) is 79.3 Å². The Labute approximate surface area is 134 Å². The zero-order chi connectivity index (χ0) is 15.4. The van der Waals surface area contributed by atoms with E-state index in [1.807, 2.05) is 0 Å². The average Bonchev–Trinajstić information content (AvgIpc) is 2.87. The number of aromatic nitrogens is 1. The van der Waals surface area contributed by atoms with Gasteiger partial charge in [-0.1, -0.05) is 23.2 Å². The Morgan fingerprint density at radius 1 is 1.29 bits per heavy atom. The van der Waals surface area contributed by atoms with Crippen LogP contribution in [0.5, 0.6) is 0 Å². The summed E-state index contributed by atoms with van der Waals surface area (Å²) < 4.78 is 0. The maximum absolute atomic E-state index is 11.5. The molecule has 0 fully saturated rings. The maximum atomic E-state index is 11.5. The third-order valence-corrected chi connectivity index (χ3v) is 3.84. The molecule has 5 nitrogen and oxygen atoms in total. The number of hydrogen-bond acceptors (Lipinski definition) is 4. The van der Waals surface area contributed by atoms with Crippen molar-refractivity contribution in [1.29, 1.82) is 0 Å². The molecular formula is C13H10Cl2N2O3S. The summed E-state index contributed by atoms with van der Waals surface area (Å²) in [6, 6.07) is 5.03. The predicted molar refractivity (Wildman–Crippen MR) is 83.1 cm³/mol. The fraction of sp³-hybridized carbons (Fsp3) is 0.154. The Bertz CT molecular complexity index is 688. The van der Waals surface area contributed by atoms with Gasteiger partial charge >= 0.3 is 5.97 Å². The molecule has 1 aromatic carbocycles. The minimum Gasteiger partial charge on any atom is -0.481 e. The number of nitrogens with one attached hydrogen (secondary N) is 1. The van der Waals surface area contributed by atoms with Gasteiger partial charge in [-0.15, -0.1) is 11.3 Å². The maximum Gasteiger partial charge on any atom is 0.303 e. The first-order chi connectivity index (χ1) is 9.95. The van der Waals surface area contributed by atoms with E-state index in [4.69, 9.17) is 28.3 Å². The van der Waals surface area contributed by atoms with Gasteiger partial charge in [-0.3, -0.25) is 9.59 Å². The number of amides is 1. The largest absolute Gasteiger partial charge is 0.481 e. The molecule has 110 valence electrons. The molecule has 8 heteroatoms. The number of carboxylic acids is 1. The molecule has 1 aromatic heterocycles. The van der Waals surface area contributed by atoms with Gasteiger partial charge in [0, 0.05) is 22.4 Å². The number of anilines is 1. The van der Waals surface area contributed by atoms with E-state index in [0.29, 0.717) is 26.4 Å². The zero-order valence-electron chi connectivity index (χ0n) is 10.6. The fourth-order valence-electron chi connectivity index (χ4n) is 1.55. The Morgan fingerprint density at radius 2 is 2.05 bits per heavy atom. The highest BCUT2D eigenvalue weighted by Gasteiger charge is 2.11. The van der Waals surface area contributed by atoms with Gasteiger partial charge in [-0.2, -0.15) is 0 Å². The molecule has 0 aliphatic rings. The Morgan fingerprint density at radius 3 is 2.76 bits per heavy atom. The number of carbonyl (C=O) groups is 2. The third-order valence-electron chi connectivity index (χ3n) is 2.52. The van der Waals surface area contributed by atoms with E-state index in [1.165, 1.54) is 11.3 Å². The van der Waals surface area contributed by atoms with Crippen molar-refractivity contribution < 1.29 is 14.7 Å². The number of aliphatic carboxylic acids is 1. The molecule has 0 aliphatic heterocycles. The summed E-state index contributed by atoms with van der Waals surface area (Å²) in [4.78, 5) is 26.2. The number of carbonyl (C=O) groups excluding carboxylic acids is 1. The van der Waals surface area contributed by atoms with Crippen molar-refractivity contribution in [3.63, 3.8) is 0 Å². The summed E-state index contributed by atoms with van der Waals surface area (Å²) in [7, 11) is 0. The van der Waals surface area contributed by atoms with Crippen LogP contribution in [0.25, 0.3) is 11.3 Å². The monoisotopic (exact) mass is 344 g/mol. The Kier molecular flexibility index (Phi) is 5.17. The van der Waals surface area contributed by atoms with Gasteiger partial charge in [-0.25, -0.2) is 4.98 Å². The van der Waals surface area contributed by atoms with Crippen molar-refractivity contribution in [2.45, 2.75) is 12.8 Å². The Hall–Kier alpha value is -1.63. The predicted octanol–water partition coefficient (Wildman–Crippen LogP) is 3.92. The summed E-state index contributed by atoms with van der Waals surface area (Å²) in [6.07, 6.45) is -0.313. The highest BCUT2D eigenvalue weighted by molar-refractivity contribution is 7.14. The summed E-state index contributed by atoms with van der Waals surface area (Å²) in [5, 5.41) is 14.2. The minimum absolute atomic E-state index is 0.0951. The summed E-state index contributed by atoms with van der Waals surface area (Å²) in [6.45, 7) is 0. The molecule has 0 radical (unpaired) electrons. The highest BCUT2D eigenvalue weighted by atomic mass is 35.5. The number of hydrogen-bond donors (Lipinski definition) is 2. The van der Waals surface area contributed by atoms with E-state index in [-0.39, 0.29) is 12.8 Å². The van der Waals surface area contributed by atoms with Crippen LogP contribution in [0.4, 0.5) is 5.13 Å². The van der Waals surface area contributed by atoms with E-state index in [2.05, 4.69) is 10.3 Å². The molecule has 0 bridgehead atoms. The normalized spacial score (nSPS) is 10.4. The molecular weight excluding hydrogens is 335 g/mol. The number of thiazole rings is 1. The van der Waals surface area contributed by atoms with Gasteiger partial charge in [0.2, 0.25) is 5.91 Å². The number of benzene rings is 1. The molecule has 0 unspecified atom stereocenters. The molecule has 1 amide bonds. The molecule has 0 saturated carbocycles. The highest BCUT2D eigenvalue weighted by Crippen LogP contribution is 2.32. The van der Waals surface area contributed by atoms with Crippen LogP contribution in [0, 0.1) is 0 Å². The van der Waals surface area contributed by atoms with Crippen LogP contribution in [0.15, 0.2) is 23.6 Å². The van der Waals surface area contributed by atoms with Gasteiger partial charge in [0.1, 0.15) is 0 Å². The molecule has 2 N–H and O–H groups in total. The second-order valence-electron chi connectivity index (χ2n) is 4.10. The molecule has 21 heavy (non-hydrogen) atoms. The van der Waals surface area contributed by atoms with Crippen LogP contribution in [0.3, 0.4) is 0 Å². The summed E-state index contributed by atoms with van der Waals surface area (Å²) >= 11 is 13.2. The van der Waals surface area contributed by atoms with Crippen LogP contribution >= 0.6 is 34.5 Å². The van der Waals surface area contributed by atoms with E-state index >= 15 is 0 Å². The lowest BCUT2D eigenvalue weighted by atomic mass is 10.2. The quantitative estimate of drug-likeness (QED) is 0.861. The molecule has 2 rings (SSSR count). The molecule has 1 heterocycles. The first-order valence-electron chi connectivity index (χ1n) is 5.88. The van der Waals surface area contributed by atoms with Crippen molar-refractivity contribution in [2.75, 3.05) is 5.32 Å². The molecule has 0 aliphatic carbocycles. The van der Waals surface area contributed by atoms with E-state index in [0.717, 1.165) is 0 Å².